The van der Waals surface area contributed by atoms with Crippen molar-refractivity contribution in [2.24, 2.45) is 0 Å². The van der Waals surface area contributed by atoms with Crippen LogP contribution in [0, 0.1) is 0 Å². The van der Waals surface area contributed by atoms with E-state index < -0.39 is 47.5 Å². The molecule has 0 bridgehead atoms. The zero-order valence-electron chi connectivity index (χ0n) is 34.8. The van der Waals surface area contributed by atoms with E-state index in [2.05, 4.69) is 0 Å². The summed E-state index contributed by atoms with van der Waals surface area (Å²) >= 11 is 18.1. The Hall–Kier alpha value is -3.95. The maximum absolute atomic E-state index is 13.0. The number of halogens is 3. The molecule has 0 aliphatic heterocycles. The minimum absolute atomic E-state index is 0.0177. The number of Topliss-reactive ketones (excluding diaryl/α,β-unsaturated/α-hetero) is 2. The summed E-state index contributed by atoms with van der Waals surface area (Å²) in [6.45, 7) is 4.80. The zero-order valence-corrected chi connectivity index (χ0v) is 37.0. The largest absolute Gasteiger partial charge is 0.480 e. The Morgan fingerprint density at radius 2 is 1.09 bits per heavy atom. The molecule has 1 N–H and O–H groups in total. The van der Waals surface area contributed by atoms with Gasteiger partial charge in [-0.1, -0.05) is 71.2 Å². The predicted molar refractivity (Wildman–Crippen MR) is 222 cm³/mol. The number of aliphatic carboxylic acids is 1. The molecule has 14 nitrogen and oxygen atoms in total. The minimum Gasteiger partial charge on any atom is -0.480 e. The van der Waals surface area contributed by atoms with Gasteiger partial charge in [-0.2, -0.15) is 0 Å². The van der Waals surface area contributed by atoms with Gasteiger partial charge in [0.15, 0.2) is 17.6 Å². The number of ketones is 2. The van der Waals surface area contributed by atoms with E-state index in [4.69, 9.17) is 54.1 Å². The molecule has 0 radical (unpaired) electrons. The molecule has 58 heavy (non-hydrogen) atoms. The minimum atomic E-state index is -1.20. The number of ether oxygens (including phenoxy) is 3. The Morgan fingerprint density at radius 3 is 1.43 bits per heavy atom. The van der Waals surface area contributed by atoms with Crippen molar-refractivity contribution in [3.05, 3.63) is 69.7 Å². The average molecular weight is 872 g/mol. The fourth-order valence-corrected chi connectivity index (χ4v) is 7.33. The zero-order chi connectivity index (χ0) is 44.0. The molecule has 0 saturated heterocycles. The fourth-order valence-electron chi connectivity index (χ4n) is 6.65. The smallest absolute Gasteiger partial charge is 0.413 e. The van der Waals surface area contributed by atoms with Crippen LogP contribution >= 0.6 is 34.8 Å². The lowest BCUT2D eigenvalue weighted by Crippen LogP contribution is -2.55. The van der Waals surface area contributed by atoms with Crippen molar-refractivity contribution in [3.63, 3.8) is 0 Å². The van der Waals surface area contributed by atoms with Gasteiger partial charge in [0.25, 0.3) is 0 Å². The highest BCUT2D eigenvalue weighted by Gasteiger charge is 2.50. The van der Waals surface area contributed by atoms with E-state index in [1.54, 1.807) is 101 Å². The Bertz CT molecular complexity index is 1750. The van der Waals surface area contributed by atoms with Crippen LogP contribution in [0.2, 0.25) is 10.0 Å². The Morgan fingerprint density at radius 1 is 0.672 bits per heavy atom. The lowest BCUT2D eigenvalue weighted by Gasteiger charge is -2.43. The number of nitrogens with zero attached hydrogens (tertiary/aromatic N) is 4. The summed E-state index contributed by atoms with van der Waals surface area (Å²) in [5.74, 6) is -1.39. The number of hydrogen-bond donors (Lipinski definition) is 1. The molecule has 5 atom stereocenters. The van der Waals surface area contributed by atoms with Crippen molar-refractivity contribution in [3.8, 4) is 0 Å². The summed E-state index contributed by atoms with van der Waals surface area (Å²) in [5, 5.41) is 9.20. The molecule has 2 aromatic carbocycles. The highest BCUT2D eigenvalue weighted by atomic mass is 35.5. The summed E-state index contributed by atoms with van der Waals surface area (Å²) in [5.41, 5.74) is -1.05. The Labute approximate surface area is 356 Å². The second-order valence-electron chi connectivity index (χ2n) is 14.6. The van der Waals surface area contributed by atoms with Gasteiger partial charge in [-0.3, -0.25) is 38.8 Å². The third kappa shape index (κ3) is 12.3. The quantitative estimate of drug-likeness (QED) is 0.134. The maximum Gasteiger partial charge on any atom is 0.413 e. The van der Waals surface area contributed by atoms with Crippen molar-refractivity contribution in [1.82, 2.24) is 19.6 Å². The molecule has 1 unspecified atom stereocenters. The number of carboxylic acid groups (broad SMARTS) is 1. The Kier molecular flexibility index (Phi) is 19.9. The second kappa shape index (κ2) is 23.0. The molecule has 2 aliphatic rings. The van der Waals surface area contributed by atoms with Crippen molar-refractivity contribution >= 4 is 70.5 Å². The lowest BCUT2D eigenvalue weighted by molar-refractivity contribution is -0.172. The van der Waals surface area contributed by atoms with Crippen LogP contribution in [0.4, 0.5) is 9.59 Å². The Balaban J connectivity index is 0.000000348. The molecule has 17 heteroatoms. The van der Waals surface area contributed by atoms with Crippen molar-refractivity contribution in [1.29, 1.82) is 0 Å². The second-order valence-corrected chi connectivity index (χ2v) is 15.6. The summed E-state index contributed by atoms with van der Waals surface area (Å²) in [6, 6.07) is 13.0. The molecule has 0 aromatic heterocycles. The first-order valence-electron chi connectivity index (χ1n) is 18.9. The normalized spacial score (nSPS) is 20.6. The van der Waals surface area contributed by atoms with Crippen molar-refractivity contribution in [2.45, 2.75) is 102 Å². The number of hydrogen-bond acceptors (Lipinski definition) is 11. The number of rotatable bonds is 11. The number of carboxylic acids is 1. The molecular weight excluding hydrogens is 815 g/mol. The van der Waals surface area contributed by atoms with Crippen LogP contribution < -0.4 is 0 Å². The van der Waals surface area contributed by atoms with Gasteiger partial charge in [0.1, 0.15) is 23.2 Å². The molecule has 2 amide bonds. The van der Waals surface area contributed by atoms with Gasteiger partial charge < -0.3 is 19.3 Å². The van der Waals surface area contributed by atoms with E-state index in [1.165, 1.54) is 23.8 Å². The lowest BCUT2D eigenvalue weighted by atomic mass is 9.74. The molecule has 2 aliphatic carbocycles. The molecule has 2 aromatic rings. The van der Waals surface area contributed by atoms with Crippen molar-refractivity contribution in [2.75, 3.05) is 48.4 Å². The highest BCUT2D eigenvalue weighted by molar-refractivity contribution is 6.32. The number of esters is 1. The molecule has 2 saturated carbocycles. The van der Waals surface area contributed by atoms with Crippen LogP contribution in [-0.4, -0.2) is 127 Å². The third-order valence-electron chi connectivity index (χ3n) is 10.6. The number of carbonyl (C=O) groups excluding carboxylic acids is 5. The molecule has 0 heterocycles. The molecule has 0 spiro atoms. The van der Waals surface area contributed by atoms with Crippen LogP contribution in [0.15, 0.2) is 48.5 Å². The number of carbonyl (C=O) groups is 6. The van der Waals surface area contributed by atoms with E-state index in [0.29, 0.717) is 46.9 Å². The van der Waals surface area contributed by atoms with Gasteiger partial charge in [0.05, 0.1) is 0 Å². The number of alkyl halides is 1. The van der Waals surface area contributed by atoms with Gasteiger partial charge in [-0.25, -0.2) is 9.59 Å². The molecule has 4 rings (SSSR count). The summed E-state index contributed by atoms with van der Waals surface area (Å²) in [6.07, 6.45) is 2.50. The third-order valence-corrected chi connectivity index (χ3v) is 11.4. The van der Waals surface area contributed by atoms with E-state index in [-0.39, 0.29) is 23.7 Å². The monoisotopic (exact) mass is 870 g/mol. The first-order valence-corrected chi connectivity index (χ1v) is 20.2. The SMILES string of the molecule is CC(OC(=O)[C@H](C)N(C)C)OC(=O)N(C)[C@]1(c2ccccc2Cl)CCCCC1=O.CN(C(=O)OCCl)[C@]1(c2ccccc2Cl)CCCCC1=O.C[C@@H](C(=O)O)N(C)C. The van der Waals surface area contributed by atoms with Crippen LogP contribution in [0.1, 0.15) is 83.3 Å². The van der Waals surface area contributed by atoms with Crippen LogP contribution in [0.5, 0.6) is 0 Å². The number of likely N-dealkylation sites (N-methyl/N-ethyl adjacent to an activating group) is 4. The molecule has 322 valence electrons. The standard InChI is InChI=1S/C21H29ClN2O5.C15H17Cl2NO3.C5H11NO2/c1-14(23(3)4)19(26)28-15(2)29-20(27)24(5)21(13-9-8-12-18(21)25)16-10-6-7-11-17(16)22;1-18(14(20)21-10-16)15(9-5-4-8-13(15)19)11-6-2-3-7-12(11)17;1-4(5(7)8)6(2)3/h6-7,10-11,14-15H,8-9,12-13H2,1-5H3;2-3,6-7H,4-5,8-10H2,1H3;4H,1-3H3,(H,7,8)/t14-,15?,21-;15-;4-/m000/s1. The van der Waals surface area contributed by atoms with E-state index >= 15 is 0 Å². The summed E-state index contributed by atoms with van der Waals surface area (Å²) in [4.78, 5) is 78.8. The van der Waals surface area contributed by atoms with Crippen LogP contribution in [0.25, 0.3) is 0 Å². The molecular formula is C41H57Cl3N4O10. The van der Waals surface area contributed by atoms with Gasteiger partial charge in [-0.05, 0) is 92.7 Å². The fraction of sp³-hybridized carbons (Fsp3) is 0.561. The van der Waals surface area contributed by atoms with Crippen LogP contribution in [0.3, 0.4) is 0 Å². The van der Waals surface area contributed by atoms with Gasteiger partial charge in [-0.15, -0.1) is 0 Å². The van der Waals surface area contributed by atoms with Gasteiger partial charge >= 0.3 is 24.1 Å². The first-order chi connectivity index (χ1) is 27.2. The average Bonchev–Trinajstić information content (AvgIpc) is 3.18. The van der Waals surface area contributed by atoms with E-state index in [9.17, 15) is 28.8 Å². The van der Waals surface area contributed by atoms with E-state index in [1.807, 2.05) is 6.07 Å². The maximum atomic E-state index is 13.0. The predicted octanol–water partition coefficient (Wildman–Crippen LogP) is 7.55. The number of benzene rings is 2. The molecule has 2 fully saturated rings. The highest BCUT2D eigenvalue weighted by Crippen LogP contribution is 2.44. The number of amides is 2. The summed E-state index contributed by atoms with van der Waals surface area (Å²) in [7, 11) is 10.0. The van der Waals surface area contributed by atoms with Gasteiger partial charge in [0.2, 0.25) is 6.29 Å². The topological polar surface area (TPSA) is 163 Å². The van der Waals surface area contributed by atoms with Crippen molar-refractivity contribution < 1.29 is 48.1 Å². The van der Waals surface area contributed by atoms with Gasteiger partial charge in [0, 0.05) is 55.0 Å². The van der Waals surface area contributed by atoms with Crippen LogP contribution in [-0.2, 0) is 44.5 Å². The first kappa shape index (κ1) is 50.2. The summed E-state index contributed by atoms with van der Waals surface area (Å²) < 4.78 is 15.4. The van der Waals surface area contributed by atoms with E-state index in [0.717, 1.165) is 25.7 Å².